The monoisotopic (exact) mass is 310 g/mol. The molecule has 0 aliphatic heterocycles. The Bertz CT molecular complexity index is 582. The molecule has 106 valence electrons. The van der Waals surface area contributed by atoms with Gasteiger partial charge in [-0.05, 0) is 43.3 Å². The number of aryl methyl sites for hydroxylation is 1. The minimum absolute atomic E-state index is 0.537. The summed E-state index contributed by atoms with van der Waals surface area (Å²) in [5, 5.41) is 4.19. The zero-order valence-corrected chi connectivity index (χ0v) is 12.9. The number of nitrogens with one attached hydrogen (secondary N) is 1. The molecule has 0 aliphatic rings. The molecule has 5 heteroatoms. The van der Waals surface area contributed by atoms with E-state index in [-0.39, 0.29) is 0 Å². The van der Waals surface area contributed by atoms with Crippen molar-refractivity contribution in [1.82, 2.24) is 10.3 Å². The fraction of sp³-hybridized carbons (Fsp3) is 0.267. The molecule has 1 aromatic carbocycles. The topological polar surface area (TPSA) is 34.1 Å². The van der Waals surface area contributed by atoms with Crippen molar-refractivity contribution in [2.75, 3.05) is 7.05 Å². The summed E-state index contributed by atoms with van der Waals surface area (Å²) in [7, 11) is 1.91. The minimum Gasteiger partial charge on any atom is -0.439 e. The highest BCUT2D eigenvalue weighted by Gasteiger charge is 2.06. The van der Waals surface area contributed by atoms with Gasteiger partial charge >= 0.3 is 0 Å². The lowest BCUT2D eigenvalue weighted by molar-refractivity contribution is 0.460. The van der Waals surface area contributed by atoms with Gasteiger partial charge in [-0.2, -0.15) is 0 Å². The number of hydrogen-bond acceptors (Lipinski definition) is 3. The number of pyridine rings is 1. The van der Waals surface area contributed by atoms with Crippen molar-refractivity contribution < 1.29 is 4.74 Å². The first-order valence-electron chi connectivity index (χ1n) is 6.39. The normalized spacial score (nSPS) is 10.6. The molecule has 0 aliphatic carbocycles. The second-order valence-corrected chi connectivity index (χ2v) is 5.27. The molecule has 0 radical (unpaired) electrons. The van der Waals surface area contributed by atoms with E-state index in [9.17, 15) is 0 Å². The summed E-state index contributed by atoms with van der Waals surface area (Å²) >= 11 is 11.9. The largest absolute Gasteiger partial charge is 0.439 e. The summed E-state index contributed by atoms with van der Waals surface area (Å²) < 4.78 is 5.76. The summed E-state index contributed by atoms with van der Waals surface area (Å²) in [6.45, 7) is 2.83. The van der Waals surface area contributed by atoms with E-state index in [0.29, 0.717) is 21.7 Å². The van der Waals surface area contributed by atoms with Crippen LogP contribution in [0.3, 0.4) is 0 Å². The molecule has 3 nitrogen and oxygen atoms in total. The van der Waals surface area contributed by atoms with Gasteiger partial charge in [-0.15, -0.1) is 0 Å². The highest BCUT2D eigenvalue weighted by Crippen LogP contribution is 2.28. The van der Waals surface area contributed by atoms with Gasteiger partial charge in [0.05, 0.1) is 0 Å². The Kier molecular flexibility index (Phi) is 5.24. The van der Waals surface area contributed by atoms with Gasteiger partial charge in [-0.1, -0.05) is 30.1 Å². The van der Waals surface area contributed by atoms with Gasteiger partial charge in [0, 0.05) is 28.4 Å². The summed E-state index contributed by atoms with van der Waals surface area (Å²) in [5.41, 5.74) is 2.11. The van der Waals surface area contributed by atoms with Crippen molar-refractivity contribution >= 4 is 23.2 Å². The van der Waals surface area contributed by atoms with Crippen LogP contribution in [-0.4, -0.2) is 12.0 Å². The maximum atomic E-state index is 5.96. The highest BCUT2D eigenvalue weighted by molar-refractivity contribution is 6.34. The van der Waals surface area contributed by atoms with Crippen molar-refractivity contribution in [3.63, 3.8) is 0 Å². The van der Waals surface area contributed by atoms with Crippen LogP contribution in [-0.2, 0) is 13.0 Å². The lowest BCUT2D eigenvalue weighted by atomic mass is 10.2. The molecule has 0 unspecified atom stereocenters. The van der Waals surface area contributed by atoms with Crippen LogP contribution in [0.15, 0.2) is 30.3 Å². The van der Waals surface area contributed by atoms with E-state index < -0.39 is 0 Å². The summed E-state index contributed by atoms with van der Waals surface area (Å²) in [5.74, 6) is 1.13. The molecular weight excluding hydrogens is 295 g/mol. The molecule has 0 saturated heterocycles. The predicted molar refractivity (Wildman–Crippen MR) is 82.9 cm³/mol. The Morgan fingerprint density at radius 2 is 1.80 bits per heavy atom. The molecule has 1 heterocycles. The highest BCUT2D eigenvalue weighted by atomic mass is 35.5. The maximum Gasteiger partial charge on any atom is 0.219 e. The number of rotatable bonds is 5. The Hall–Kier alpha value is -1.29. The van der Waals surface area contributed by atoms with Crippen LogP contribution >= 0.6 is 23.2 Å². The van der Waals surface area contributed by atoms with Gasteiger partial charge in [0.2, 0.25) is 5.88 Å². The quantitative estimate of drug-likeness (QED) is 0.885. The molecule has 1 aromatic heterocycles. The van der Waals surface area contributed by atoms with E-state index >= 15 is 0 Å². The molecule has 2 rings (SSSR count). The molecule has 0 fully saturated rings. The zero-order valence-electron chi connectivity index (χ0n) is 11.4. The Labute approximate surface area is 128 Å². The number of aromatic nitrogens is 1. The lowest BCUT2D eigenvalue weighted by Crippen LogP contribution is -2.06. The van der Waals surface area contributed by atoms with Gasteiger partial charge in [0.25, 0.3) is 0 Å². The van der Waals surface area contributed by atoms with Crippen LogP contribution in [0, 0.1) is 0 Å². The summed E-state index contributed by atoms with van der Waals surface area (Å²) in [6, 6.07) is 9.06. The lowest BCUT2D eigenvalue weighted by Gasteiger charge is -2.10. The first kappa shape index (κ1) is 15.1. The Morgan fingerprint density at radius 3 is 2.40 bits per heavy atom. The smallest absolute Gasteiger partial charge is 0.219 e. The molecular formula is C15H16Cl2N2O. The molecule has 1 N–H and O–H groups in total. The van der Waals surface area contributed by atoms with E-state index in [1.807, 2.05) is 13.1 Å². The summed E-state index contributed by atoms with van der Waals surface area (Å²) in [4.78, 5) is 4.45. The standard InChI is InChI=1S/C15H16Cl2N2O/c1-3-13-4-10(9-18-2)5-15(19-13)20-14-7-11(16)6-12(17)8-14/h4-8,18H,3,9H2,1-2H3. The average Bonchev–Trinajstić information content (AvgIpc) is 2.37. The van der Waals surface area contributed by atoms with E-state index in [2.05, 4.69) is 23.3 Å². The average molecular weight is 311 g/mol. The van der Waals surface area contributed by atoms with Crippen LogP contribution in [0.4, 0.5) is 0 Å². The van der Waals surface area contributed by atoms with E-state index in [1.165, 1.54) is 0 Å². The van der Waals surface area contributed by atoms with Gasteiger partial charge in [-0.3, -0.25) is 0 Å². The number of ether oxygens (including phenoxy) is 1. The number of hydrogen-bond donors (Lipinski definition) is 1. The van der Waals surface area contributed by atoms with Crippen molar-refractivity contribution in [2.24, 2.45) is 0 Å². The van der Waals surface area contributed by atoms with Crippen molar-refractivity contribution in [3.8, 4) is 11.6 Å². The van der Waals surface area contributed by atoms with Gasteiger partial charge in [0.15, 0.2) is 0 Å². The number of halogens is 2. The van der Waals surface area contributed by atoms with Crippen LogP contribution in [0.5, 0.6) is 11.6 Å². The maximum absolute atomic E-state index is 5.96. The third kappa shape index (κ3) is 4.10. The third-order valence-corrected chi connectivity index (χ3v) is 3.15. The summed E-state index contributed by atoms with van der Waals surface area (Å²) in [6.07, 6.45) is 0.851. The molecule has 0 bridgehead atoms. The molecule has 0 spiro atoms. The SMILES string of the molecule is CCc1cc(CNC)cc(Oc2cc(Cl)cc(Cl)c2)n1. The van der Waals surface area contributed by atoms with Gasteiger partial charge < -0.3 is 10.1 Å². The Morgan fingerprint density at radius 1 is 1.10 bits per heavy atom. The van der Waals surface area contributed by atoms with Crippen molar-refractivity contribution in [3.05, 3.63) is 51.6 Å². The fourth-order valence-electron chi connectivity index (χ4n) is 1.87. The van der Waals surface area contributed by atoms with E-state index in [1.54, 1.807) is 18.2 Å². The Balaban J connectivity index is 2.29. The first-order chi connectivity index (χ1) is 9.60. The van der Waals surface area contributed by atoms with Crippen molar-refractivity contribution in [1.29, 1.82) is 0 Å². The number of nitrogens with zero attached hydrogens (tertiary/aromatic N) is 1. The fourth-order valence-corrected chi connectivity index (χ4v) is 2.37. The predicted octanol–water partition coefficient (Wildman–Crippen LogP) is 4.46. The molecule has 20 heavy (non-hydrogen) atoms. The third-order valence-electron chi connectivity index (χ3n) is 2.72. The van der Waals surface area contributed by atoms with Crippen LogP contribution in [0.1, 0.15) is 18.2 Å². The van der Waals surface area contributed by atoms with Gasteiger partial charge in [0.1, 0.15) is 5.75 Å². The molecule has 0 saturated carbocycles. The second-order valence-electron chi connectivity index (χ2n) is 4.40. The van der Waals surface area contributed by atoms with Crippen LogP contribution in [0.2, 0.25) is 10.0 Å². The minimum atomic E-state index is 0.537. The van der Waals surface area contributed by atoms with Crippen LogP contribution < -0.4 is 10.1 Å². The van der Waals surface area contributed by atoms with Crippen molar-refractivity contribution in [2.45, 2.75) is 19.9 Å². The van der Waals surface area contributed by atoms with E-state index in [0.717, 1.165) is 24.2 Å². The second kappa shape index (κ2) is 6.93. The van der Waals surface area contributed by atoms with Gasteiger partial charge in [-0.25, -0.2) is 4.98 Å². The zero-order chi connectivity index (χ0) is 14.5. The van der Waals surface area contributed by atoms with E-state index in [4.69, 9.17) is 27.9 Å². The molecule has 0 atom stereocenters. The molecule has 0 amide bonds. The molecule has 2 aromatic rings. The van der Waals surface area contributed by atoms with Crippen LogP contribution in [0.25, 0.3) is 0 Å². The first-order valence-corrected chi connectivity index (χ1v) is 7.14. The number of benzene rings is 1.